The number of hydrogen-bond donors (Lipinski definition) is 1. The molecular formula is C13H27N3O2. The molecule has 0 aromatic rings. The monoisotopic (exact) mass is 257 g/mol. The molecule has 0 aromatic carbocycles. The minimum absolute atomic E-state index is 0.208. The quantitative estimate of drug-likeness (QED) is 0.820. The summed E-state index contributed by atoms with van der Waals surface area (Å²) in [4.78, 5) is 15.6. The second-order valence-electron chi connectivity index (χ2n) is 6.41. The number of nitrogens with zero attached hydrogens (tertiary/aromatic N) is 2. The smallest absolute Gasteiger partial charge is 0.410 e. The molecule has 0 spiro atoms. The molecule has 106 valence electrons. The predicted molar refractivity (Wildman–Crippen MR) is 72.7 cm³/mol. The summed E-state index contributed by atoms with van der Waals surface area (Å²) in [6, 6.07) is 0.832. The molecule has 1 heterocycles. The lowest BCUT2D eigenvalue weighted by molar-refractivity contribution is 0.00408. The third-order valence-electron chi connectivity index (χ3n) is 2.69. The molecule has 1 N–H and O–H groups in total. The van der Waals surface area contributed by atoms with Gasteiger partial charge in [0.05, 0.1) is 0 Å². The van der Waals surface area contributed by atoms with E-state index in [-0.39, 0.29) is 6.09 Å². The van der Waals surface area contributed by atoms with E-state index in [4.69, 9.17) is 4.74 Å². The Labute approximate surface area is 110 Å². The van der Waals surface area contributed by atoms with Gasteiger partial charge in [0.2, 0.25) is 0 Å². The van der Waals surface area contributed by atoms with E-state index in [1.54, 1.807) is 4.90 Å². The molecule has 0 saturated carbocycles. The lowest BCUT2D eigenvalue weighted by atomic mass is 10.1. The Morgan fingerprint density at radius 2 is 2.00 bits per heavy atom. The largest absolute Gasteiger partial charge is 0.444 e. The molecule has 1 atom stereocenters. The molecule has 5 nitrogen and oxygen atoms in total. The van der Waals surface area contributed by atoms with E-state index in [0.717, 1.165) is 19.6 Å². The van der Waals surface area contributed by atoms with Crippen LogP contribution >= 0.6 is 0 Å². The molecule has 1 unspecified atom stereocenters. The van der Waals surface area contributed by atoms with Gasteiger partial charge in [0, 0.05) is 31.7 Å². The maximum atomic E-state index is 11.7. The lowest BCUT2D eigenvalue weighted by Gasteiger charge is -2.41. The third kappa shape index (κ3) is 5.23. The van der Waals surface area contributed by atoms with E-state index >= 15 is 0 Å². The Balaban J connectivity index is 2.21. The fourth-order valence-electron chi connectivity index (χ4n) is 2.06. The Morgan fingerprint density at radius 1 is 1.44 bits per heavy atom. The maximum Gasteiger partial charge on any atom is 0.410 e. The van der Waals surface area contributed by atoms with Gasteiger partial charge >= 0.3 is 6.09 Å². The van der Waals surface area contributed by atoms with Gasteiger partial charge in [-0.25, -0.2) is 4.79 Å². The van der Waals surface area contributed by atoms with Gasteiger partial charge in [-0.05, 0) is 41.8 Å². The van der Waals surface area contributed by atoms with Crippen molar-refractivity contribution in [2.75, 3.05) is 33.7 Å². The van der Waals surface area contributed by atoms with Crippen LogP contribution in [-0.2, 0) is 4.74 Å². The zero-order valence-electron chi connectivity index (χ0n) is 12.5. The van der Waals surface area contributed by atoms with Gasteiger partial charge < -0.3 is 19.9 Å². The zero-order chi connectivity index (χ0) is 13.9. The van der Waals surface area contributed by atoms with Crippen molar-refractivity contribution in [1.82, 2.24) is 15.1 Å². The molecule has 1 rings (SSSR count). The Bertz CT molecular complexity index is 280. The van der Waals surface area contributed by atoms with Crippen molar-refractivity contribution in [2.24, 2.45) is 0 Å². The summed E-state index contributed by atoms with van der Waals surface area (Å²) in [5.74, 6) is 0. The molecule has 1 aliphatic heterocycles. The Hall–Kier alpha value is -0.810. The van der Waals surface area contributed by atoms with Crippen molar-refractivity contribution in [2.45, 2.75) is 45.4 Å². The van der Waals surface area contributed by atoms with E-state index in [1.807, 2.05) is 20.8 Å². The number of hydrogen-bond acceptors (Lipinski definition) is 4. The molecule has 1 amide bonds. The highest BCUT2D eigenvalue weighted by atomic mass is 16.6. The Morgan fingerprint density at radius 3 is 2.44 bits per heavy atom. The van der Waals surface area contributed by atoms with Gasteiger partial charge in [0.15, 0.2) is 0 Å². The van der Waals surface area contributed by atoms with Crippen LogP contribution in [0.25, 0.3) is 0 Å². The van der Waals surface area contributed by atoms with E-state index in [9.17, 15) is 4.79 Å². The standard InChI is InChI=1S/C13H27N3O2/c1-10(7-15(5)6)14-11-8-16(9-11)12(17)18-13(2,3)4/h10-11,14H,7-9H2,1-6H3. The lowest BCUT2D eigenvalue weighted by Crippen LogP contribution is -2.62. The molecule has 5 heteroatoms. The summed E-state index contributed by atoms with van der Waals surface area (Å²) in [6.45, 7) is 10.3. The second kappa shape index (κ2) is 5.89. The van der Waals surface area contributed by atoms with Crippen LogP contribution in [0.1, 0.15) is 27.7 Å². The molecule has 1 saturated heterocycles. The fourth-order valence-corrected chi connectivity index (χ4v) is 2.06. The highest BCUT2D eigenvalue weighted by molar-refractivity contribution is 5.69. The first-order valence-corrected chi connectivity index (χ1v) is 6.56. The number of carbonyl (C=O) groups is 1. The average molecular weight is 257 g/mol. The van der Waals surface area contributed by atoms with Crippen LogP contribution in [0.3, 0.4) is 0 Å². The van der Waals surface area contributed by atoms with Gasteiger partial charge in [0.25, 0.3) is 0 Å². The predicted octanol–water partition coefficient (Wildman–Crippen LogP) is 1.15. The summed E-state index contributed by atoms with van der Waals surface area (Å²) < 4.78 is 5.31. The van der Waals surface area contributed by atoms with Crippen LogP contribution in [0, 0.1) is 0 Å². The molecule has 0 aliphatic carbocycles. The van der Waals surface area contributed by atoms with Crippen molar-refractivity contribution in [3.63, 3.8) is 0 Å². The molecule has 0 bridgehead atoms. The van der Waals surface area contributed by atoms with E-state index in [2.05, 4.69) is 31.2 Å². The zero-order valence-corrected chi connectivity index (χ0v) is 12.5. The van der Waals surface area contributed by atoms with E-state index in [0.29, 0.717) is 12.1 Å². The number of likely N-dealkylation sites (tertiary alicyclic amines) is 1. The van der Waals surface area contributed by atoms with Crippen LogP contribution in [0.5, 0.6) is 0 Å². The fraction of sp³-hybridized carbons (Fsp3) is 0.923. The van der Waals surface area contributed by atoms with E-state index < -0.39 is 5.60 Å². The van der Waals surface area contributed by atoms with Crippen LogP contribution in [0.15, 0.2) is 0 Å². The minimum Gasteiger partial charge on any atom is -0.444 e. The summed E-state index contributed by atoms with van der Waals surface area (Å²) in [5.41, 5.74) is -0.409. The number of amides is 1. The van der Waals surface area contributed by atoms with Gasteiger partial charge in [-0.1, -0.05) is 0 Å². The van der Waals surface area contributed by atoms with Crippen molar-refractivity contribution in [1.29, 1.82) is 0 Å². The van der Waals surface area contributed by atoms with Crippen molar-refractivity contribution < 1.29 is 9.53 Å². The second-order valence-corrected chi connectivity index (χ2v) is 6.41. The number of likely N-dealkylation sites (N-methyl/N-ethyl adjacent to an activating group) is 1. The van der Waals surface area contributed by atoms with Crippen LogP contribution in [0.2, 0.25) is 0 Å². The summed E-state index contributed by atoms with van der Waals surface area (Å²) in [6.07, 6.45) is -0.208. The van der Waals surface area contributed by atoms with Crippen molar-refractivity contribution >= 4 is 6.09 Å². The first-order chi connectivity index (χ1) is 8.17. The van der Waals surface area contributed by atoms with Crippen LogP contribution in [0.4, 0.5) is 4.79 Å². The minimum atomic E-state index is -0.409. The molecular weight excluding hydrogens is 230 g/mol. The number of rotatable bonds is 4. The summed E-state index contributed by atoms with van der Waals surface area (Å²) in [5, 5.41) is 3.50. The highest BCUT2D eigenvalue weighted by Crippen LogP contribution is 2.15. The molecule has 18 heavy (non-hydrogen) atoms. The van der Waals surface area contributed by atoms with E-state index in [1.165, 1.54) is 0 Å². The third-order valence-corrected chi connectivity index (χ3v) is 2.69. The van der Waals surface area contributed by atoms with Gasteiger partial charge in [-0.15, -0.1) is 0 Å². The SMILES string of the molecule is CC(CN(C)C)NC1CN(C(=O)OC(C)(C)C)C1. The average Bonchev–Trinajstić information content (AvgIpc) is 2.05. The highest BCUT2D eigenvalue weighted by Gasteiger charge is 2.33. The van der Waals surface area contributed by atoms with Crippen molar-refractivity contribution in [3.05, 3.63) is 0 Å². The molecule has 0 aromatic heterocycles. The summed E-state index contributed by atoms with van der Waals surface area (Å²) in [7, 11) is 4.12. The number of carbonyl (C=O) groups excluding carboxylic acids is 1. The van der Waals surface area contributed by atoms with Gasteiger partial charge in [0.1, 0.15) is 5.60 Å². The van der Waals surface area contributed by atoms with Gasteiger partial charge in [-0.3, -0.25) is 0 Å². The Kier molecular flexibility index (Phi) is 4.99. The summed E-state index contributed by atoms with van der Waals surface area (Å²) >= 11 is 0. The van der Waals surface area contributed by atoms with Crippen LogP contribution in [-0.4, -0.2) is 67.3 Å². The topological polar surface area (TPSA) is 44.8 Å². The maximum absolute atomic E-state index is 11.7. The van der Waals surface area contributed by atoms with Crippen molar-refractivity contribution in [3.8, 4) is 0 Å². The van der Waals surface area contributed by atoms with Gasteiger partial charge in [-0.2, -0.15) is 0 Å². The molecule has 0 radical (unpaired) electrons. The first kappa shape index (κ1) is 15.2. The number of ether oxygens (including phenoxy) is 1. The normalized spacial score (nSPS) is 18.7. The molecule has 1 aliphatic rings. The first-order valence-electron chi connectivity index (χ1n) is 6.56. The number of nitrogens with one attached hydrogen (secondary N) is 1. The molecule has 1 fully saturated rings. The van der Waals surface area contributed by atoms with Crippen LogP contribution < -0.4 is 5.32 Å².